The molecule has 0 saturated carbocycles. The molecule has 6 nitrogen and oxygen atoms in total. The number of aromatic nitrogens is 2. The van der Waals surface area contributed by atoms with Crippen LogP contribution in [-0.2, 0) is 22.6 Å². The summed E-state index contributed by atoms with van der Waals surface area (Å²) in [6.45, 7) is 4.33. The number of rotatable bonds is 7. The minimum Gasteiger partial charge on any atom is -0.489 e. The molecule has 136 valence electrons. The van der Waals surface area contributed by atoms with E-state index >= 15 is 0 Å². The summed E-state index contributed by atoms with van der Waals surface area (Å²) in [7, 11) is 1.58. The zero-order valence-corrected chi connectivity index (χ0v) is 15.8. The molecule has 0 aliphatic heterocycles. The van der Waals surface area contributed by atoms with Crippen molar-refractivity contribution in [3.05, 3.63) is 46.7 Å². The smallest absolute Gasteiger partial charge is 0.310 e. The summed E-state index contributed by atoms with van der Waals surface area (Å²) in [4.78, 5) is 20.1. The van der Waals surface area contributed by atoms with Gasteiger partial charge in [-0.3, -0.25) is 4.79 Å². The van der Waals surface area contributed by atoms with Gasteiger partial charge in [0.05, 0.1) is 25.7 Å². The van der Waals surface area contributed by atoms with Gasteiger partial charge in [-0.1, -0.05) is 0 Å². The summed E-state index contributed by atoms with van der Waals surface area (Å²) in [5.74, 6) is 1.70. The molecule has 7 heteroatoms. The molecular weight excluding hydrogens is 352 g/mol. The summed E-state index contributed by atoms with van der Waals surface area (Å²) in [6, 6.07) is 5.83. The van der Waals surface area contributed by atoms with Crippen molar-refractivity contribution in [1.82, 2.24) is 9.97 Å². The zero-order chi connectivity index (χ0) is 18.5. The van der Waals surface area contributed by atoms with Gasteiger partial charge >= 0.3 is 5.97 Å². The molecule has 0 unspecified atom stereocenters. The van der Waals surface area contributed by atoms with Gasteiger partial charge in [0.25, 0.3) is 0 Å². The molecule has 0 N–H and O–H groups in total. The lowest BCUT2D eigenvalue weighted by Gasteiger charge is -2.10. The van der Waals surface area contributed by atoms with Crippen LogP contribution in [-0.4, -0.2) is 29.7 Å². The first-order chi connectivity index (χ1) is 12.6. The molecule has 0 spiro atoms. The van der Waals surface area contributed by atoms with E-state index in [1.165, 1.54) is 0 Å². The Morgan fingerprint density at radius 2 is 2.12 bits per heavy atom. The largest absolute Gasteiger partial charge is 0.489 e. The van der Waals surface area contributed by atoms with Crippen molar-refractivity contribution >= 4 is 27.4 Å². The Morgan fingerprint density at radius 1 is 1.27 bits per heavy atom. The monoisotopic (exact) mass is 372 g/mol. The fourth-order valence-electron chi connectivity index (χ4n) is 2.57. The Hall–Kier alpha value is -2.67. The Bertz CT molecular complexity index is 923. The maximum atomic E-state index is 11.7. The van der Waals surface area contributed by atoms with E-state index in [9.17, 15) is 4.79 Å². The Morgan fingerprint density at radius 3 is 2.88 bits per heavy atom. The average molecular weight is 372 g/mol. The van der Waals surface area contributed by atoms with Crippen LogP contribution in [0.5, 0.6) is 11.6 Å². The third kappa shape index (κ3) is 4.11. The lowest BCUT2D eigenvalue weighted by atomic mass is 10.1. The molecule has 0 amide bonds. The number of ether oxygens (including phenoxy) is 3. The van der Waals surface area contributed by atoms with Crippen molar-refractivity contribution in [3.63, 3.8) is 0 Å². The molecule has 0 fully saturated rings. The molecule has 0 bridgehead atoms. The number of carbonyl (C=O) groups excluding carboxylic acids is 1. The summed E-state index contributed by atoms with van der Waals surface area (Å²) < 4.78 is 17.2. The zero-order valence-electron chi connectivity index (χ0n) is 14.9. The van der Waals surface area contributed by atoms with Gasteiger partial charge in [-0.15, -0.1) is 11.3 Å². The highest BCUT2D eigenvalue weighted by molar-refractivity contribution is 7.17. The highest BCUT2D eigenvalue weighted by atomic mass is 32.1. The lowest BCUT2D eigenvalue weighted by Crippen LogP contribution is -2.06. The third-order valence-corrected chi connectivity index (χ3v) is 4.79. The summed E-state index contributed by atoms with van der Waals surface area (Å²) in [6.07, 6.45) is 1.99. The predicted molar refractivity (Wildman–Crippen MR) is 99.8 cm³/mol. The van der Waals surface area contributed by atoms with Crippen LogP contribution in [0.1, 0.15) is 23.9 Å². The van der Waals surface area contributed by atoms with Gasteiger partial charge in [0.2, 0.25) is 5.88 Å². The average Bonchev–Trinajstić information content (AvgIpc) is 3.02. The van der Waals surface area contributed by atoms with Crippen molar-refractivity contribution in [3.8, 4) is 11.6 Å². The Kier molecular flexibility index (Phi) is 5.68. The summed E-state index contributed by atoms with van der Waals surface area (Å²) in [5.41, 5.74) is 1.76. The van der Waals surface area contributed by atoms with Crippen LogP contribution in [0.2, 0.25) is 0 Å². The number of carbonyl (C=O) groups is 1. The van der Waals surface area contributed by atoms with Crippen molar-refractivity contribution in [2.75, 3.05) is 13.7 Å². The van der Waals surface area contributed by atoms with Gasteiger partial charge in [0.15, 0.2) is 0 Å². The molecule has 0 atom stereocenters. The van der Waals surface area contributed by atoms with E-state index in [1.54, 1.807) is 31.6 Å². The Balaban J connectivity index is 1.73. The quantitative estimate of drug-likeness (QED) is 0.589. The van der Waals surface area contributed by atoms with Gasteiger partial charge in [-0.2, -0.15) is 4.98 Å². The second-order valence-corrected chi connectivity index (χ2v) is 6.55. The van der Waals surface area contributed by atoms with Gasteiger partial charge in [0.1, 0.15) is 18.2 Å². The van der Waals surface area contributed by atoms with Crippen LogP contribution in [0.3, 0.4) is 0 Å². The molecule has 0 aliphatic rings. The number of esters is 1. The number of methoxy groups -OCH3 is 1. The first kappa shape index (κ1) is 18.1. The van der Waals surface area contributed by atoms with Crippen LogP contribution in [0.15, 0.2) is 29.8 Å². The predicted octanol–water partition coefficient (Wildman–Crippen LogP) is 3.69. The first-order valence-electron chi connectivity index (χ1n) is 8.25. The van der Waals surface area contributed by atoms with Crippen LogP contribution in [0.25, 0.3) is 10.1 Å². The molecule has 0 aliphatic carbocycles. The number of hydrogen-bond acceptors (Lipinski definition) is 7. The fraction of sp³-hybridized carbons (Fsp3) is 0.316. The Labute approximate surface area is 155 Å². The van der Waals surface area contributed by atoms with E-state index in [4.69, 9.17) is 14.2 Å². The molecule has 26 heavy (non-hydrogen) atoms. The third-order valence-electron chi connectivity index (χ3n) is 3.80. The standard InChI is InChI=1S/C19H20N2O4S/c1-4-24-18(22)7-13-11-26-17-8-15(5-6-16(13)17)25-10-14-9-20-12(2)21-19(14)23-3/h5-6,8-9,11H,4,7,10H2,1-3H3. The van der Waals surface area contributed by atoms with Crippen molar-refractivity contribution < 1.29 is 19.0 Å². The molecule has 2 heterocycles. The van der Waals surface area contributed by atoms with E-state index in [0.717, 1.165) is 27.0 Å². The van der Waals surface area contributed by atoms with Gasteiger partial charge in [-0.05, 0) is 48.4 Å². The SMILES string of the molecule is CCOC(=O)Cc1csc2cc(OCc3cnc(C)nc3OC)ccc12. The van der Waals surface area contributed by atoms with Gasteiger partial charge in [-0.25, -0.2) is 4.98 Å². The first-order valence-corrected chi connectivity index (χ1v) is 9.13. The number of hydrogen-bond donors (Lipinski definition) is 0. The molecule has 2 aromatic heterocycles. The highest BCUT2D eigenvalue weighted by Gasteiger charge is 2.11. The maximum absolute atomic E-state index is 11.7. The maximum Gasteiger partial charge on any atom is 0.310 e. The minimum absolute atomic E-state index is 0.209. The molecule has 1 aromatic carbocycles. The lowest BCUT2D eigenvalue weighted by molar-refractivity contribution is -0.142. The van der Waals surface area contributed by atoms with E-state index < -0.39 is 0 Å². The molecule has 0 radical (unpaired) electrons. The molecular formula is C19H20N2O4S. The van der Waals surface area contributed by atoms with Crippen molar-refractivity contribution in [1.29, 1.82) is 0 Å². The summed E-state index contributed by atoms with van der Waals surface area (Å²) in [5, 5.41) is 3.04. The number of thiophene rings is 1. The van der Waals surface area contributed by atoms with Crippen LogP contribution in [0, 0.1) is 6.92 Å². The molecule has 0 saturated heterocycles. The second-order valence-electron chi connectivity index (χ2n) is 5.64. The van der Waals surface area contributed by atoms with Gasteiger partial charge < -0.3 is 14.2 Å². The van der Waals surface area contributed by atoms with Crippen molar-refractivity contribution in [2.24, 2.45) is 0 Å². The van der Waals surface area contributed by atoms with E-state index in [0.29, 0.717) is 24.9 Å². The fourth-order valence-corrected chi connectivity index (χ4v) is 3.56. The minimum atomic E-state index is -0.209. The van der Waals surface area contributed by atoms with E-state index in [2.05, 4.69) is 9.97 Å². The summed E-state index contributed by atoms with van der Waals surface area (Å²) >= 11 is 1.58. The van der Waals surface area contributed by atoms with Gasteiger partial charge in [0, 0.05) is 10.9 Å². The molecule has 3 aromatic rings. The van der Waals surface area contributed by atoms with Crippen LogP contribution in [0.4, 0.5) is 0 Å². The normalized spacial score (nSPS) is 10.7. The van der Waals surface area contributed by atoms with E-state index in [-0.39, 0.29) is 12.4 Å². The molecule has 3 rings (SSSR count). The topological polar surface area (TPSA) is 70.5 Å². The second kappa shape index (κ2) is 8.14. The van der Waals surface area contributed by atoms with Crippen LogP contribution < -0.4 is 9.47 Å². The van der Waals surface area contributed by atoms with Crippen LogP contribution >= 0.6 is 11.3 Å². The highest BCUT2D eigenvalue weighted by Crippen LogP contribution is 2.30. The van der Waals surface area contributed by atoms with E-state index in [1.807, 2.05) is 30.5 Å². The number of nitrogens with zero attached hydrogens (tertiary/aromatic N) is 2. The van der Waals surface area contributed by atoms with Crippen molar-refractivity contribution in [2.45, 2.75) is 26.9 Å². The number of benzene rings is 1. The number of aryl methyl sites for hydroxylation is 1. The number of fused-ring (bicyclic) bond motifs is 1.